The van der Waals surface area contributed by atoms with Crippen molar-refractivity contribution >= 4 is 0 Å². The molecule has 0 aromatic heterocycles. The number of aliphatic hydroxyl groups excluding tert-OH is 1. The standard InChI is InChI=1S/C8H10O2/c9-6-2-4-1-5(3-6)8-7(4)10-8/h2,4-5,7-9H,1,3H2/t4-,5+,7-,8+/m1/s1. The molecule has 0 aromatic carbocycles. The van der Waals surface area contributed by atoms with Gasteiger partial charge in [0.2, 0.25) is 0 Å². The lowest BCUT2D eigenvalue weighted by Crippen LogP contribution is -2.11. The molecule has 10 heavy (non-hydrogen) atoms. The summed E-state index contributed by atoms with van der Waals surface area (Å²) >= 11 is 0. The van der Waals surface area contributed by atoms with Gasteiger partial charge in [0.1, 0.15) is 0 Å². The van der Waals surface area contributed by atoms with Gasteiger partial charge >= 0.3 is 0 Å². The molecule has 54 valence electrons. The second-order valence-electron chi connectivity index (χ2n) is 3.59. The molecule has 3 rings (SSSR count). The first-order valence-electron chi connectivity index (χ1n) is 3.90. The molecule has 2 aliphatic carbocycles. The minimum Gasteiger partial charge on any atom is -0.513 e. The molecule has 0 unspecified atom stereocenters. The Morgan fingerprint density at radius 2 is 2.40 bits per heavy atom. The van der Waals surface area contributed by atoms with Crippen molar-refractivity contribution in [2.45, 2.75) is 25.0 Å². The Kier molecular flexibility index (Phi) is 0.725. The minimum atomic E-state index is 0.481. The van der Waals surface area contributed by atoms with Gasteiger partial charge in [0.25, 0.3) is 0 Å². The lowest BCUT2D eigenvalue weighted by Gasteiger charge is -2.18. The Morgan fingerprint density at radius 3 is 3.20 bits per heavy atom. The van der Waals surface area contributed by atoms with Crippen LogP contribution in [-0.2, 0) is 4.74 Å². The van der Waals surface area contributed by atoms with E-state index < -0.39 is 0 Å². The SMILES string of the molecule is OC1=C[C@H]2C[C@@H](C1)[C@@H]1O[C@@H]12. The molecule has 1 saturated heterocycles. The molecule has 0 aromatic rings. The van der Waals surface area contributed by atoms with Crippen molar-refractivity contribution in [3.63, 3.8) is 0 Å². The Hall–Kier alpha value is -0.500. The first-order valence-corrected chi connectivity index (χ1v) is 3.90. The summed E-state index contributed by atoms with van der Waals surface area (Å²) in [5, 5.41) is 9.23. The maximum Gasteiger partial charge on any atom is 0.0908 e. The van der Waals surface area contributed by atoms with Crippen LogP contribution in [0.2, 0.25) is 0 Å². The number of hydrogen-bond donors (Lipinski definition) is 1. The summed E-state index contributed by atoms with van der Waals surface area (Å²) in [6.45, 7) is 0. The van der Waals surface area contributed by atoms with Crippen LogP contribution in [-0.4, -0.2) is 17.3 Å². The van der Waals surface area contributed by atoms with Crippen LogP contribution >= 0.6 is 0 Å². The number of epoxide rings is 1. The summed E-state index contributed by atoms with van der Waals surface area (Å²) in [6.07, 6.45) is 5.08. The van der Waals surface area contributed by atoms with Crippen molar-refractivity contribution in [1.82, 2.24) is 0 Å². The second kappa shape index (κ2) is 1.40. The first-order chi connectivity index (χ1) is 4.84. The average molecular weight is 138 g/mol. The third kappa shape index (κ3) is 0.487. The summed E-state index contributed by atoms with van der Waals surface area (Å²) in [6, 6.07) is 0. The van der Waals surface area contributed by atoms with E-state index in [1.165, 1.54) is 6.42 Å². The van der Waals surface area contributed by atoms with Crippen LogP contribution in [0.1, 0.15) is 12.8 Å². The molecule has 1 aliphatic heterocycles. The molecular formula is C8H10O2. The molecule has 2 bridgehead atoms. The molecular weight excluding hydrogens is 128 g/mol. The van der Waals surface area contributed by atoms with E-state index in [1.807, 2.05) is 6.08 Å². The number of ether oxygens (including phenoxy) is 1. The fourth-order valence-electron chi connectivity index (χ4n) is 2.42. The fraction of sp³-hybridized carbons (Fsp3) is 0.750. The van der Waals surface area contributed by atoms with Crippen LogP contribution < -0.4 is 0 Å². The lowest BCUT2D eigenvalue weighted by atomic mass is 9.93. The number of aliphatic hydroxyl groups is 1. The van der Waals surface area contributed by atoms with Crippen LogP contribution in [0.5, 0.6) is 0 Å². The number of allylic oxidation sites excluding steroid dienone is 1. The molecule has 2 nitrogen and oxygen atoms in total. The van der Waals surface area contributed by atoms with Gasteiger partial charge in [-0.2, -0.15) is 0 Å². The molecule has 1 heterocycles. The lowest BCUT2D eigenvalue weighted by molar-refractivity contribution is 0.203. The smallest absolute Gasteiger partial charge is 0.0908 e. The molecule has 1 N–H and O–H groups in total. The van der Waals surface area contributed by atoms with Crippen molar-refractivity contribution < 1.29 is 9.84 Å². The largest absolute Gasteiger partial charge is 0.513 e. The van der Waals surface area contributed by atoms with Gasteiger partial charge in [0.15, 0.2) is 0 Å². The summed E-state index contributed by atoms with van der Waals surface area (Å²) in [7, 11) is 0. The van der Waals surface area contributed by atoms with Gasteiger partial charge in [-0.25, -0.2) is 0 Å². The third-order valence-corrected chi connectivity index (χ3v) is 2.90. The van der Waals surface area contributed by atoms with Gasteiger partial charge in [0, 0.05) is 12.3 Å². The van der Waals surface area contributed by atoms with Gasteiger partial charge in [0.05, 0.1) is 18.0 Å². The van der Waals surface area contributed by atoms with Crippen LogP contribution in [0.3, 0.4) is 0 Å². The van der Waals surface area contributed by atoms with Crippen molar-refractivity contribution in [2.75, 3.05) is 0 Å². The number of rotatable bonds is 0. The quantitative estimate of drug-likeness (QED) is 0.511. The monoisotopic (exact) mass is 138 g/mol. The highest BCUT2D eigenvalue weighted by Crippen LogP contribution is 2.52. The van der Waals surface area contributed by atoms with Gasteiger partial charge in [-0.05, 0) is 18.4 Å². The minimum absolute atomic E-state index is 0.481. The van der Waals surface area contributed by atoms with E-state index in [0.717, 1.165) is 6.42 Å². The zero-order valence-electron chi connectivity index (χ0n) is 5.66. The van der Waals surface area contributed by atoms with Crippen molar-refractivity contribution in [3.05, 3.63) is 11.8 Å². The zero-order chi connectivity index (χ0) is 6.72. The third-order valence-electron chi connectivity index (χ3n) is 2.90. The number of fused-ring (bicyclic) bond motifs is 5. The van der Waals surface area contributed by atoms with E-state index in [4.69, 9.17) is 4.74 Å². The Bertz CT molecular complexity index is 209. The summed E-state index contributed by atoms with van der Waals surface area (Å²) in [5.74, 6) is 1.78. The highest BCUT2D eigenvalue weighted by Gasteiger charge is 2.57. The van der Waals surface area contributed by atoms with Crippen molar-refractivity contribution in [2.24, 2.45) is 11.8 Å². The first kappa shape index (κ1) is 5.19. The normalized spacial score (nSPS) is 55.8. The van der Waals surface area contributed by atoms with E-state index in [0.29, 0.717) is 29.8 Å². The molecule has 0 amide bonds. The van der Waals surface area contributed by atoms with Gasteiger partial charge < -0.3 is 9.84 Å². The summed E-state index contributed by atoms with van der Waals surface area (Å²) < 4.78 is 5.41. The van der Waals surface area contributed by atoms with Crippen LogP contribution in [0.4, 0.5) is 0 Å². The highest BCUT2D eigenvalue weighted by atomic mass is 16.6. The predicted octanol–water partition coefficient (Wildman–Crippen LogP) is 1.24. The molecule has 2 heteroatoms. The van der Waals surface area contributed by atoms with E-state index in [2.05, 4.69) is 0 Å². The van der Waals surface area contributed by atoms with E-state index in [9.17, 15) is 5.11 Å². The molecule has 4 atom stereocenters. The summed E-state index contributed by atoms with van der Waals surface area (Å²) in [5.41, 5.74) is 0. The topological polar surface area (TPSA) is 32.8 Å². The molecule has 0 radical (unpaired) electrons. The van der Waals surface area contributed by atoms with Crippen LogP contribution in [0, 0.1) is 11.8 Å². The van der Waals surface area contributed by atoms with Gasteiger partial charge in [-0.1, -0.05) is 0 Å². The van der Waals surface area contributed by atoms with E-state index in [1.54, 1.807) is 0 Å². The number of hydrogen-bond acceptors (Lipinski definition) is 2. The van der Waals surface area contributed by atoms with Crippen molar-refractivity contribution in [1.29, 1.82) is 0 Å². The van der Waals surface area contributed by atoms with Gasteiger partial charge in [-0.15, -0.1) is 0 Å². The maximum atomic E-state index is 9.23. The zero-order valence-corrected chi connectivity index (χ0v) is 5.66. The highest BCUT2D eigenvalue weighted by molar-refractivity contribution is 5.17. The second-order valence-corrected chi connectivity index (χ2v) is 3.59. The van der Waals surface area contributed by atoms with Gasteiger partial charge in [-0.3, -0.25) is 0 Å². The molecule has 0 spiro atoms. The Balaban J connectivity index is 1.99. The maximum absolute atomic E-state index is 9.23. The molecule has 3 aliphatic rings. The van der Waals surface area contributed by atoms with E-state index >= 15 is 0 Å². The van der Waals surface area contributed by atoms with E-state index in [-0.39, 0.29) is 0 Å². The fourth-order valence-corrected chi connectivity index (χ4v) is 2.42. The summed E-state index contributed by atoms with van der Waals surface area (Å²) in [4.78, 5) is 0. The van der Waals surface area contributed by atoms with Crippen molar-refractivity contribution in [3.8, 4) is 0 Å². The predicted molar refractivity (Wildman–Crippen MR) is 35.6 cm³/mol. The van der Waals surface area contributed by atoms with Crippen LogP contribution in [0.25, 0.3) is 0 Å². The molecule has 2 fully saturated rings. The molecule has 1 saturated carbocycles. The van der Waals surface area contributed by atoms with Crippen LogP contribution in [0.15, 0.2) is 11.8 Å². The Labute approximate surface area is 59.5 Å². The average Bonchev–Trinajstić information content (AvgIpc) is 2.59. The Morgan fingerprint density at radius 1 is 1.50 bits per heavy atom.